The van der Waals surface area contributed by atoms with Gasteiger partial charge in [-0.15, -0.1) is 0 Å². The van der Waals surface area contributed by atoms with E-state index >= 15 is 0 Å². The SMILES string of the molecule is CCCN(CC1=Cc2ccc(-c3cncc(N4CCCC4)c3)cc2N=C(N)C1)OCc1ccc(N)cc1. The second-order valence-electron chi connectivity index (χ2n) is 9.86. The summed E-state index contributed by atoms with van der Waals surface area (Å²) in [6, 6.07) is 16.4. The van der Waals surface area contributed by atoms with Gasteiger partial charge in [0.2, 0.25) is 0 Å². The van der Waals surface area contributed by atoms with E-state index in [4.69, 9.17) is 21.3 Å². The minimum atomic E-state index is 0.502. The molecule has 0 atom stereocenters. The Kier molecular flexibility index (Phi) is 7.82. The zero-order valence-corrected chi connectivity index (χ0v) is 21.6. The second-order valence-corrected chi connectivity index (χ2v) is 9.86. The summed E-state index contributed by atoms with van der Waals surface area (Å²) in [6.45, 7) is 6.35. The van der Waals surface area contributed by atoms with Crippen LogP contribution >= 0.6 is 0 Å². The van der Waals surface area contributed by atoms with Crippen LogP contribution in [0.2, 0.25) is 0 Å². The maximum Gasteiger partial charge on any atom is 0.104 e. The lowest BCUT2D eigenvalue weighted by atomic mass is 10.0. The first-order chi connectivity index (χ1) is 18.1. The van der Waals surface area contributed by atoms with E-state index < -0.39 is 0 Å². The lowest BCUT2D eigenvalue weighted by molar-refractivity contribution is -0.163. The van der Waals surface area contributed by atoms with Crippen LogP contribution in [0.3, 0.4) is 0 Å². The molecule has 37 heavy (non-hydrogen) atoms. The standard InChI is InChI=1S/C30H36N6O/c1-2-11-36(37-21-22-5-9-27(31)10-6-22)20-23-14-25-8-7-24(17-29(25)34-30(32)15-23)26-16-28(19-33-18-26)35-12-3-4-13-35/h5-10,14,16-19H,2-4,11-13,15,20-21,31H2,1H3,(H2,32,34). The Hall–Kier alpha value is -3.68. The van der Waals surface area contributed by atoms with Gasteiger partial charge in [0, 0.05) is 55.6 Å². The summed E-state index contributed by atoms with van der Waals surface area (Å²) in [7, 11) is 0. The summed E-state index contributed by atoms with van der Waals surface area (Å²) >= 11 is 0. The quantitative estimate of drug-likeness (QED) is 0.298. The molecule has 0 aliphatic carbocycles. The molecule has 7 heteroatoms. The van der Waals surface area contributed by atoms with Gasteiger partial charge >= 0.3 is 0 Å². The van der Waals surface area contributed by atoms with Gasteiger partial charge in [-0.3, -0.25) is 9.82 Å². The molecule has 1 fully saturated rings. The Balaban J connectivity index is 1.33. The van der Waals surface area contributed by atoms with Gasteiger partial charge in [-0.2, -0.15) is 5.06 Å². The van der Waals surface area contributed by atoms with Crippen molar-refractivity contribution in [3.63, 3.8) is 0 Å². The van der Waals surface area contributed by atoms with E-state index in [1.54, 1.807) is 0 Å². The minimum Gasteiger partial charge on any atom is -0.399 e. The summed E-state index contributed by atoms with van der Waals surface area (Å²) in [6.07, 6.45) is 10.2. The molecule has 5 rings (SSSR count). The number of nitrogens with zero attached hydrogens (tertiary/aromatic N) is 4. The highest BCUT2D eigenvalue weighted by Gasteiger charge is 2.16. The van der Waals surface area contributed by atoms with Gasteiger partial charge in [0.1, 0.15) is 5.84 Å². The largest absolute Gasteiger partial charge is 0.399 e. The summed E-state index contributed by atoms with van der Waals surface area (Å²) in [5.74, 6) is 0.612. The van der Waals surface area contributed by atoms with Gasteiger partial charge in [-0.05, 0) is 60.2 Å². The van der Waals surface area contributed by atoms with Crippen LogP contribution in [0.4, 0.5) is 17.1 Å². The van der Waals surface area contributed by atoms with Crippen molar-refractivity contribution in [2.45, 2.75) is 39.2 Å². The van der Waals surface area contributed by atoms with Crippen molar-refractivity contribution in [2.24, 2.45) is 10.7 Å². The average Bonchev–Trinajstić information content (AvgIpc) is 3.39. The number of rotatable bonds is 9. The fraction of sp³-hybridized carbons (Fsp3) is 0.333. The molecular formula is C30H36N6O. The van der Waals surface area contributed by atoms with Crippen LogP contribution < -0.4 is 16.4 Å². The molecule has 3 aromatic rings. The first kappa shape index (κ1) is 25.0. The minimum absolute atomic E-state index is 0.502. The number of nitrogen functional groups attached to an aromatic ring is 1. The molecule has 7 nitrogen and oxygen atoms in total. The number of fused-ring (bicyclic) bond motifs is 1. The molecule has 1 aromatic heterocycles. The molecule has 0 radical (unpaired) electrons. The summed E-state index contributed by atoms with van der Waals surface area (Å²) in [4.78, 5) is 17.9. The molecule has 0 amide bonds. The van der Waals surface area contributed by atoms with Crippen molar-refractivity contribution < 1.29 is 4.84 Å². The maximum absolute atomic E-state index is 6.38. The number of nitrogens with two attached hydrogens (primary N) is 2. The number of aliphatic imine (C=N–C) groups is 1. The zero-order chi connectivity index (χ0) is 25.6. The number of hydrogen-bond acceptors (Lipinski definition) is 7. The molecule has 2 aromatic carbocycles. The molecule has 0 unspecified atom stereocenters. The summed E-state index contributed by atoms with van der Waals surface area (Å²) < 4.78 is 0. The highest BCUT2D eigenvalue weighted by molar-refractivity contribution is 5.91. The van der Waals surface area contributed by atoms with Gasteiger partial charge in [0.15, 0.2) is 0 Å². The van der Waals surface area contributed by atoms with Crippen molar-refractivity contribution in [1.29, 1.82) is 0 Å². The van der Waals surface area contributed by atoms with Crippen molar-refractivity contribution >= 4 is 29.0 Å². The Morgan fingerprint density at radius 2 is 1.78 bits per heavy atom. The van der Waals surface area contributed by atoms with E-state index in [2.05, 4.69) is 47.1 Å². The van der Waals surface area contributed by atoms with Gasteiger partial charge < -0.3 is 16.4 Å². The van der Waals surface area contributed by atoms with Crippen LogP contribution in [-0.2, 0) is 11.4 Å². The normalized spacial score (nSPS) is 15.4. The van der Waals surface area contributed by atoms with Crippen molar-refractivity contribution in [3.8, 4) is 11.1 Å². The molecule has 1 saturated heterocycles. The third-order valence-corrected chi connectivity index (χ3v) is 6.84. The number of hydroxylamine groups is 2. The van der Waals surface area contributed by atoms with Crippen molar-refractivity contribution in [2.75, 3.05) is 36.8 Å². The molecule has 0 spiro atoms. The monoisotopic (exact) mass is 496 g/mol. The highest BCUT2D eigenvalue weighted by atomic mass is 16.7. The zero-order valence-electron chi connectivity index (χ0n) is 21.6. The number of aromatic nitrogens is 1. The maximum atomic E-state index is 6.38. The van der Waals surface area contributed by atoms with Gasteiger partial charge in [0.25, 0.3) is 0 Å². The number of amidine groups is 1. The van der Waals surface area contributed by atoms with Gasteiger partial charge in [0.05, 0.1) is 24.2 Å². The van der Waals surface area contributed by atoms with E-state index in [0.717, 1.165) is 59.7 Å². The topological polar surface area (TPSA) is 93.0 Å². The molecule has 2 aliphatic rings. The number of benzene rings is 2. The van der Waals surface area contributed by atoms with Crippen LogP contribution in [0.5, 0.6) is 0 Å². The van der Waals surface area contributed by atoms with Crippen molar-refractivity contribution in [3.05, 3.63) is 77.6 Å². The second kappa shape index (κ2) is 11.6. The van der Waals surface area contributed by atoms with Gasteiger partial charge in [-0.1, -0.05) is 37.3 Å². The van der Waals surface area contributed by atoms with Crippen LogP contribution in [0.25, 0.3) is 17.2 Å². The van der Waals surface area contributed by atoms with E-state index in [9.17, 15) is 0 Å². The molecule has 0 bridgehead atoms. The molecule has 192 valence electrons. The lowest BCUT2D eigenvalue weighted by Gasteiger charge is -2.22. The Bertz CT molecular complexity index is 1280. The fourth-order valence-electron chi connectivity index (χ4n) is 4.92. The van der Waals surface area contributed by atoms with E-state index in [1.165, 1.54) is 24.1 Å². The van der Waals surface area contributed by atoms with E-state index in [-0.39, 0.29) is 0 Å². The van der Waals surface area contributed by atoms with Crippen molar-refractivity contribution in [1.82, 2.24) is 10.0 Å². The number of hydrogen-bond donors (Lipinski definition) is 2. The molecule has 4 N–H and O–H groups in total. The Morgan fingerprint density at radius 1 is 0.973 bits per heavy atom. The number of pyridine rings is 1. The molecule has 0 saturated carbocycles. The predicted molar refractivity (Wildman–Crippen MR) is 153 cm³/mol. The van der Waals surface area contributed by atoms with E-state index in [0.29, 0.717) is 25.4 Å². The summed E-state index contributed by atoms with van der Waals surface area (Å²) in [5, 5.41) is 2.02. The first-order valence-corrected chi connectivity index (χ1v) is 13.2. The third kappa shape index (κ3) is 6.37. The van der Waals surface area contributed by atoms with E-state index in [1.807, 2.05) is 41.7 Å². The molecule has 3 heterocycles. The Morgan fingerprint density at radius 3 is 2.57 bits per heavy atom. The van der Waals surface area contributed by atoms with Crippen LogP contribution in [0, 0.1) is 0 Å². The molecule has 2 aliphatic heterocycles. The Labute approximate surface area is 219 Å². The summed E-state index contributed by atoms with van der Waals surface area (Å²) in [5.41, 5.74) is 20.6. The third-order valence-electron chi connectivity index (χ3n) is 6.84. The van der Waals surface area contributed by atoms with Crippen LogP contribution in [0.15, 0.2) is 71.5 Å². The van der Waals surface area contributed by atoms with Crippen LogP contribution in [0.1, 0.15) is 43.7 Å². The highest BCUT2D eigenvalue weighted by Crippen LogP contribution is 2.33. The fourth-order valence-corrected chi connectivity index (χ4v) is 4.92. The predicted octanol–water partition coefficient (Wildman–Crippen LogP) is 5.55. The lowest BCUT2D eigenvalue weighted by Crippen LogP contribution is -2.28. The number of anilines is 2. The smallest absolute Gasteiger partial charge is 0.104 e. The first-order valence-electron chi connectivity index (χ1n) is 13.2. The van der Waals surface area contributed by atoms with Gasteiger partial charge in [-0.25, -0.2) is 4.99 Å². The average molecular weight is 497 g/mol. The molecular weight excluding hydrogens is 460 g/mol. The van der Waals surface area contributed by atoms with Crippen LogP contribution in [-0.4, -0.2) is 42.1 Å².